The third-order valence-electron chi connectivity index (χ3n) is 6.39. The Morgan fingerprint density at radius 3 is 2.30 bits per heavy atom. The summed E-state index contributed by atoms with van der Waals surface area (Å²) in [6.45, 7) is -1.90. The number of nitrogens with zero attached hydrogens (tertiary/aromatic N) is 3. The number of nitrogens with one attached hydrogen (secondary N) is 3. The molecule has 0 saturated carbocycles. The Balaban J connectivity index is 0.00000160. The summed E-state index contributed by atoms with van der Waals surface area (Å²) in [4.78, 5) is 58.6. The second-order valence-electron chi connectivity index (χ2n) is 9.44. The summed E-state index contributed by atoms with van der Waals surface area (Å²) >= 11 is 8.57. The zero-order valence-corrected chi connectivity index (χ0v) is 28.4. The fourth-order valence-electron chi connectivity index (χ4n) is 4.37. The molecule has 0 spiro atoms. The number of nitrogens with two attached hydrogens (primary N) is 2. The van der Waals surface area contributed by atoms with E-state index in [1.165, 1.54) is 6.07 Å². The van der Waals surface area contributed by atoms with Crippen LogP contribution in [0.5, 0.6) is 0 Å². The Kier molecular flexibility index (Phi) is 11.9. The summed E-state index contributed by atoms with van der Waals surface area (Å²) in [5.74, 6) is -0.285. The van der Waals surface area contributed by atoms with Gasteiger partial charge >= 0.3 is 31.0 Å². The maximum atomic E-state index is 12.3. The van der Waals surface area contributed by atoms with Gasteiger partial charge in [-0.15, -0.1) is 0 Å². The molecule has 3 aliphatic rings. The van der Waals surface area contributed by atoms with Crippen LogP contribution < -0.4 is 43.1 Å². The molecule has 9 N–H and O–H groups in total. The molecule has 0 bridgehead atoms. The Labute approximate surface area is 281 Å². The second-order valence-corrected chi connectivity index (χ2v) is 13.6. The standard InChI is InChI=1S/C19H26N8O13P2S2.Mo.2O/c20-7-1-2-27(19(31)22-7)17-11(29)10(28)5(39-17)3-36-41(32,33)40-42(34,35)37-4-6-12(43)13(44)8-16(38-6)24-14-9(23-8)15(30)26-18(21)25-14;;;/h1-2,5-6,8,10-11,16-17,23,28-29,43-44H,3-4H2,(H,32,33)(H,34,35)(H2,20,22,31)(H4,21,24,25,26,30);;;/q;+2;;/p-4/t5-,6-,8+,10-,11-,16-,17-;;;/m1.../s1. The van der Waals surface area contributed by atoms with Crippen molar-refractivity contribution in [3.05, 3.63) is 42.9 Å². The molecule has 0 aromatic carbocycles. The number of hydrogen-bond acceptors (Lipinski definition) is 23. The number of aromatic nitrogens is 4. The van der Waals surface area contributed by atoms with Gasteiger partial charge in [-0.2, -0.15) is 19.8 Å². The topological polar surface area (TPSA) is 358 Å². The van der Waals surface area contributed by atoms with Gasteiger partial charge in [0.25, 0.3) is 21.2 Å². The fourth-order valence-corrected chi connectivity index (χ4v) is 6.94. The first-order valence-corrected chi connectivity index (χ1v) is 17.9. The number of phosphoric ester groups is 2. The average molecular weight is 824 g/mol. The predicted octanol–water partition coefficient (Wildman–Crippen LogP) is -4.21. The first kappa shape index (κ1) is 37.3. The van der Waals surface area contributed by atoms with Gasteiger partial charge in [-0.1, -0.05) is 0 Å². The zero-order chi connectivity index (χ0) is 34.8. The number of rotatable bonds is 9. The van der Waals surface area contributed by atoms with Crippen molar-refractivity contribution >= 4 is 64.2 Å². The third-order valence-corrected chi connectivity index (χ3v) is 10.0. The molecule has 2 aromatic rings. The number of H-pyrrole nitrogens is 1. The van der Waals surface area contributed by atoms with Gasteiger partial charge in [-0.3, -0.25) is 23.5 Å². The number of phosphoric acid groups is 2. The van der Waals surface area contributed by atoms with Crippen LogP contribution >= 0.6 is 15.6 Å². The number of aliphatic hydroxyl groups excluding tert-OH is 2. The molecule has 5 rings (SSSR count). The van der Waals surface area contributed by atoms with E-state index in [0.717, 1.165) is 10.8 Å². The molecule has 1 fully saturated rings. The van der Waals surface area contributed by atoms with E-state index in [9.17, 15) is 38.7 Å². The molecular weight excluding hydrogens is 802 g/mol. The van der Waals surface area contributed by atoms with E-state index in [1.807, 2.05) is 0 Å². The third kappa shape index (κ3) is 8.77. The summed E-state index contributed by atoms with van der Waals surface area (Å²) in [5.41, 5.74) is 9.46. The summed E-state index contributed by atoms with van der Waals surface area (Å²) in [7, 11) is -11.3. The Morgan fingerprint density at radius 1 is 1.02 bits per heavy atom. The molecule has 2 aromatic heterocycles. The van der Waals surface area contributed by atoms with Crippen LogP contribution in [0.4, 0.5) is 23.3 Å². The molecule has 3 aliphatic heterocycles. The van der Waals surface area contributed by atoms with Gasteiger partial charge in [-0.05, 0) is 6.07 Å². The number of hydrogen-bond donors (Lipinski definition) is 7. The van der Waals surface area contributed by atoms with Gasteiger partial charge in [0.05, 0.1) is 25.4 Å². The fraction of sp³-hybridized carbons (Fsp3) is 0.474. The molecule has 23 nitrogen and oxygen atoms in total. The van der Waals surface area contributed by atoms with E-state index in [-0.39, 0.29) is 33.1 Å². The molecule has 5 heterocycles. The Bertz CT molecular complexity index is 1790. The van der Waals surface area contributed by atoms with Gasteiger partial charge in [0, 0.05) is 6.20 Å². The molecule has 258 valence electrons. The minimum absolute atomic E-state index is 0.0179. The van der Waals surface area contributed by atoms with Gasteiger partial charge in [-0.25, -0.2) is 9.11 Å². The summed E-state index contributed by atoms with van der Waals surface area (Å²) in [5, 5.41) is 26.1. The number of anilines is 4. The molecule has 0 aliphatic carbocycles. The number of nitrogen functional groups attached to an aromatic ring is 2. The predicted molar refractivity (Wildman–Crippen MR) is 149 cm³/mol. The van der Waals surface area contributed by atoms with E-state index < -0.39 is 102 Å². The van der Waals surface area contributed by atoms with Crippen molar-refractivity contribution in [2.24, 2.45) is 0 Å². The van der Waals surface area contributed by atoms with Crippen molar-refractivity contribution in [3.8, 4) is 0 Å². The maximum absolute atomic E-state index is 12.3. The van der Waals surface area contributed by atoms with Gasteiger partial charge < -0.3 is 85.9 Å². The van der Waals surface area contributed by atoms with Crippen molar-refractivity contribution in [2.45, 2.75) is 42.9 Å². The SMILES string of the molecule is Nc1ccn([C@@H]2O[C@H](COP(=O)([O-])OP(=O)([O-])OC[C@H]3O[C@H]4Nc5nc(N)[nH]c(=O)c5N[C@H]4C([S-])=C3[S-])[C@@H](O)[C@H]2O)c(=O)n1.[O]=[Mo+2]=[O]. The first-order valence-electron chi connectivity index (χ1n) is 12.5. The van der Waals surface area contributed by atoms with Crippen molar-refractivity contribution in [2.75, 3.05) is 35.3 Å². The van der Waals surface area contributed by atoms with Gasteiger partial charge in [0.2, 0.25) is 5.95 Å². The zero-order valence-electron chi connectivity index (χ0n) is 22.9. The first-order chi connectivity index (χ1) is 22.0. The van der Waals surface area contributed by atoms with Crippen molar-refractivity contribution in [1.82, 2.24) is 19.5 Å². The number of fused-ring (bicyclic) bond motifs is 2. The molecule has 2 unspecified atom stereocenters. The molecule has 28 heteroatoms. The number of aliphatic hydroxyl groups is 2. The molecule has 0 radical (unpaired) electrons. The number of aromatic amines is 1. The van der Waals surface area contributed by atoms with Crippen LogP contribution in [-0.2, 0) is 82.5 Å². The summed E-state index contributed by atoms with van der Waals surface area (Å²) in [6.07, 6.45) is -7.73. The normalized spacial score (nSPS) is 29.0. The minimum atomic E-state index is -5.68. The van der Waals surface area contributed by atoms with E-state index >= 15 is 0 Å². The molecule has 1 saturated heterocycles. The van der Waals surface area contributed by atoms with Crippen molar-refractivity contribution in [3.63, 3.8) is 0 Å². The van der Waals surface area contributed by atoms with Crippen LogP contribution in [-0.4, -0.2) is 79.6 Å². The monoisotopic (exact) mass is 826 g/mol. The summed E-state index contributed by atoms with van der Waals surface area (Å²) in [6, 6.07) is 0.382. The van der Waals surface area contributed by atoms with E-state index in [2.05, 4.69) is 38.9 Å². The van der Waals surface area contributed by atoms with Crippen LogP contribution in [0, 0.1) is 0 Å². The molecule has 47 heavy (non-hydrogen) atoms. The van der Waals surface area contributed by atoms with Crippen LogP contribution in [0.3, 0.4) is 0 Å². The van der Waals surface area contributed by atoms with Crippen LogP contribution in [0.2, 0.25) is 0 Å². The van der Waals surface area contributed by atoms with Crippen LogP contribution in [0.1, 0.15) is 6.23 Å². The van der Waals surface area contributed by atoms with Gasteiger partial charge in [0.1, 0.15) is 29.8 Å². The molecule has 0 amide bonds. The second kappa shape index (κ2) is 15.0. The molecular formula is C19H22MoN8O15P2S2-2. The van der Waals surface area contributed by atoms with Crippen molar-refractivity contribution < 1.29 is 77.2 Å². The quantitative estimate of drug-likeness (QED) is 0.0716. The van der Waals surface area contributed by atoms with E-state index in [1.54, 1.807) is 0 Å². The van der Waals surface area contributed by atoms with Gasteiger partial charge in [0.15, 0.2) is 18.3 Å². The van der Waals surface area contributed by atoms with Crippen LogP contribution in [0.25, 0.3) is 0 Å². The summed E-state index contributed by atoms with van der Waals surface area (Å²) < 4.78 is 66.7. The Hall–Kier alpha value is -2.47. The molecule has 9 atom stereocenters. The Morgan fingerprint density at radius 2 is 1.66 bits per heavy atom. The van der Waals surface area contributed by atoms with E-state index in [0.29, 0.717) is 0 Å². The average Bonchev–Trinajstić information content (AvgIpc) is 3.25. The van der Waals surface area contributed by atoms with Crippen molar-refractivity contribution in [1.29, 1.82) is 0 Å². The number of ether oxygens (including phenoxy) is 2. The van der Waals surface area contributed by atoms with Crippen LogP contribution in [0.15, 0.2) is 31.7 Å². The van der Waals surface area contributed by atoms with E-state index in [4.69, 9.17) is 53.0 Å².